The number of phenolic OH excluding ortho intramolecular Hbond substituents is 1. The van der Waals surface area contributed by atoms with Gasteiger partial charge >= 0.3 is 0 Å². The highest BCUT2D eigenvalue weighted by atomic mass is 16.5. The lowest BCUT2D eigenvalue weighted by Crippen LogP contribution is -2.23. The molecule has 6 nitrogen and oxygen atoms in total. The molecule has 1 amide bonds. The van der Waals surface area contributed by atoms with Gasteiger partial charge in [-0.15, -0.1) is 0 Å². The summed E-state index contributed by atoms with van der Waals surface area (Å²) in [6, 6.07) is 4.56. The summed E-state index contributed by atoms with van der Waals surface area (Å²) < 4.78 is 6.68. The molecule has 2 N–H and O–H groups in total. The minimum atomic E-state index is -0.251. The maximum Gasteiger partial charge on any atom is 0.251 e. The molecule has 0 spiro atoms. The van der Waals surface area contributed by atoms with Gasteiger partial charge in [-0.2, -0.15) is 5.10 Å². The molecule has 2 aromatic rings. The van der Waals surface area contributed by atoms with E-state index in [1.807, 2.05) is 20.2 Å². The SMILES string of the molecule is CCc1nn(C)cc1CNC(=O)c1ccc(OC)c(O)c1. The minimum Gasteiger partial charge on any atom is -0.504 e. The van der Waals surface area contributed by atoms with Crippen molar-refractivity contribution in [3.63, 3.8) is 0 Å². The fourth-order valence-electron chi connectivity index (χ4n) is 2.14. The summed E-state index contributed by atoms with van der Waals surface area (Å²) in [6.45, 7) is 2.43. The molecule has 0 radical (unpaired) electrons. The van der Waals surface area contributed by atoms with Gasteiger partial charge in [0, 0.05) is 30.9 Å². The molecule has 0 fully saturated rings. The van der Waals surface area contributed by atoms with Gasteiger partial charge in [0.15, 0.2) is 11.5 Å². The summed E-state index contributed by atoms with van der Waals surface area (Å²) in [5.41, 5.74) is 2.34. The van der Waals surface area contributed by atoms with Crippen LogP contribution in [-0.4, -0.2) is 27.9 Å². The molecule has 0 bridgehead atoms. The number of hydrogen-bond donors (Lipinski definition) is 2. The zero-order valence-corrected chi connectivity index (χ0v) is 12.4. The number of carbonyl (C=O) groups excluding carboxylic acids is 1. The Kier molecular flexibility index (Phi) is 4.47. The molecule has 0 atom stereocenters. The van der Waals surface area contributed by atoms with Gasteiger partial charge in [-0.3, -0.25) is 9.48 Å². The normalized spacial score (nSPS) is 10.4. The van der Waals surface area contributed by atoms with E-state index < -0.39 is 0 Å². The van der Waals surface area contributed by atoms with Crippen molar-refractivity contribution < 1.29 is 14.6 Å². The van der Waals surface area contributed by atoms with Crippen LogP contribution >= 0.6 is 0 Å². The summed E-state index contributed by atoms with van der Waals surface area (Å²) >= 11 is 0. The summed E-state index contributed by atoms with van der Waals surface area (Å²) in [4.78, 5) is 12.1. The third kappa shape index (κ3) is 3.34. The molecule has 0 aliphatic carbocycles. The zero-order chi connectivity index (χ0) is 15.4. The lowest BCUT2D eigenvalue weighted by molar-refractivity contribution is 0.0950. The first-order valence-corrected chi connectivity index (χ1v) is 6.71. The molecule has 1 heterocycles. The molecule has 21 heavy (non-hydrogen) atoms. The lowest BCUT2D eigenvalue weighted by atomic mass is 10.1. The second-order valence-corrected chi connectivity index (χ2v) is 4.70. The highest BCUT2D eigenvalue weighted by Gasteiger charge is 2.11. The molecule has 2 rings (SSSR count). The number of methoxy groups -OCH3 is 1. The molecule has 6 heteroatoms. The van der Waals surface area contributed by atoms with Crippen molar-refractivity contribution in [2.75, 3.05) is 7.11 Å². The molecular weight excluding hydrogens is 270 g/mol. The van der Waals surface area contributed by atoms with Gasteiger partial charge in [0.25, 0.3) is 5.91 Å². The van der Waals surface area contributed by atoms with Gasteiger partial charge in [0.05, 0.1) is 12.8 Å². The van der Waals surface area contributed by atoms with Crippen LogP contribution in [0.25, 0.3) is 0 Å². The Balaban J connectivity index is 2.06. The van der Waals surface area contributed by atoms with Crippen molar-refractivity contribution >= 4 is 5.91 Å². The van der Waals surface area contributed by atoms with Crippen molar-refractivity contribution in [2.24, 2.45) is 7.05 Å². The number of carbonyl (C=O) groups is 1. The Bertz CT molecular complexity index is 650. The summed E-state index contributed by atoms with van der Waals surface area (Å²) in [5.74, 6) is 0.0340. The Morgan fingerprint density at radius 1 is 1.48 bits per heavy atom. The van der Waals surface area contributed by atoms with E-state index in [-0.39, 0.29) is 11.7 Å². The summed E-state index contributed by atoms with van der Waals surface area (Å²) in [5, 5.41) is 16.8. The number of aryl methyl sites for hydroxylation is 2. The van der Waals surface area contributed by atoms with Crippen LogP contribution in [-0.2, 0) is 20.0 Å². The highest BCUT2D eigenvalue weighted by Crippen LogP contribution is 2.26. The third-order valence-electron chi connectivity index (χ3n) is 3.21. The minimum absolute atomic E-state index is 0.0548. The quantitative estimate of drug-likeness (QED) is 0.877. The van der Waals surface area contributed by atoms with Gasteiger partial charge in [-0.1, -0.05) is 6.92 Å². The number of benzene rings is 1. The summed E-state index contributed by atoms with van der Waals surface area (Å²) in [6.07, 6.45) is 2.71. The number of aromatic nitrogens is 2. The van der Waals surface area contributed by atoms with E-state index in [4.69, 9.17) is 4.74 Å². The van der Waals surface area contributed by atoms with Crippen molar-refractivity contribution in [1.29, 1.82) is 0 Å². The number of phenols is 1. The molecule has 0 aliphatic rings. The topological polar surface area (TPSA) is 76.4 Å². The maximum absolute atomic E-state index is 12.1. The standard InChI is InChI=1S/C15H19N3O3/c1-4-12-11(9-18(2)17-12)8-16-15(20)10-5-6-14(21-3)13(19)7-10/h5-7,9,19H,4,8H2,1-3H3,(H,16,20). The number of aromatic hydroxyl groups is 1. The first-order chi connectivity index (χ1) is 10.0. The second-order valence-electron chi connectivity index (χ2n) is 4.70. The van der Waals surface area contributed by atoms with E-state index in [1.165, 1.54) is 13.2 Å². The van der Waals surface area contributed by atoms with Crippen LogP contribution in [0.1, 0.15) is 28.5 Å². The van der Waals surface area contributed by atoms with Crippen molar-refractivity contribution in [3.05, 3.63) is 41.2 Å². The number of hydrogen-bond acceptors (Lipinski definition) is 4. The number of nitrogens with zero attached hydrogens (tertiary/aromatic N) is 2. The molecule has 1 aromatic carbocycles. The number of rotatable bonds is 5. The first kappa shape index (κ1) is 14.9. The van der Waals surface area contributed by atoms with E-state index in [9.17, 15) is 9.90 Å². The second kappa shape index (κ2) is 6.30. The first-order valence-electron chi connectivity index (χ1n) is 6.71. The van der Waals surface area contributed by atoms with Crippen LogP contribution in [0.4, 0.5) is 0 Å². The molecule has 0 unspecified atom stereocenters. The highest BCUT2D eigenvalue weighted by molar-refractivity contribution is 5.94. The number of nitrogens with one attached hydrogen (secondary N) is 1. The average molecular weight is 289 g/mol. The predicted molar refractivity (Wildman–Crippen MR) is 78.4 cm³/mol. The fraction of sp³-hybridized carbons (Fsp3) is 0.333. The monoisotopic (exact) mass is 289 g/mol. The molecule has 0 saturated carbocycles. The molecule has 0 aliphatic heterocycles. The van der Waals surface area contributed by atoms with Gasteiger partial charge in [0.2, 0.25) is 0 Å². The maximum atomic E-state index is 12.1. The number of amides is 1. The Hall–Kier alpha value is -2.50. The van der Waals surface area contributed by atoms with Crippen LogP contribution in [0.2, 0.25) is 0 Å². The Morgan fingerprint density at radius 2 is 2.24 bits per heavy atom. The smallest absolute Gasteiger partial charge is 0.251 e. The van der Waals surface area contributed by atoms with Crippen LogP contribution in [0.5, 0.6) is 11.5 Å². The van der Waals surface area contributed by atoms with E-state index >= 15 is 0 Å². The summed E-state index contributed by atoms with van der Waals surface area (Å²) in [7, 11) is 3.31. The van der Waals surface area contributed by atoms with Crippen molar-refractivity contribution in [2.45, 2.75) is 19.9 Å². The average Bonchev–Trinajstić information content (AvgIpc) is 2.84. The van der Waals surface area contributed by atoms with Gasteiger partial charge in [-0.25, -0.2) is 0 Å². The van der Waals surface area contributed by atoms with Crippen LogP contribution < -0.4 is 10.1 Å². The third-order valence-corrected chi connectivity index (χ3v) is 3.21. The fourth-order valence-corrected chi connectivity index (χ4v) is 2.14. The van der Waals surface area contributed by atoms with E-state index in [0.717, 1.165) is 17.7 Å². The van der Waals surface area contributed by atoms with Gasteiger partial charge in [0.1, 0.15) is 0 Å². The molecule has 1 aromatic heterocycles. The lowest BCUT2D eigenvalue weighted by Gasteiger charge is -2.07. The van der Waals surface area contributed by atoms with Crippen LogP contribution in [0.3, 0.4) is 0 Å². The zero-order valence-electron chi connectivity index (χ0n) is 12.4. The molecule has 0 saturated heterocycles. The molecule has 112 valence electrons. The van der Waals surface area contributed by atoms with Crippen LogP contribution in [0, 0.1) is 0 Å². The van der Waals surface area contributed by atoms with Crippen molar-refractivity contribution in [1.82, 2.24) is 15.1 Å². The van der Waals surface area contributed by atoms with Crippen molar-refractivity contribution in [3.8, 4) is 11.5 Å². The molecular formula is C15H19N3O3. The Morgan fingerprint density at radius 3 is 2.86 bits per heavy atom. The van der Waals surface area contributed by atoms with Gasteiger partial charge < -0.3 is 15.2 Å². The van der Waals surface area contributed by atoms with Crippen LogP contribution in [0.15, 0.2) is 24.4 Å². The van der Waals surface area contributed by atoms with E-state index in [1.54, 1.807) is 16.8 Å². The number of ether oxygens (including phenoxy) is 1. The predicted octanol–water partition coefficient (Wildman–Crippen LogP) is 1.63. The Labute approximate surface area is 123 Å². The van der Waals surface area contributed by atoms with E-state index in [2.05, 4.69) is 10.4 Å². The largest absolute Gasteiger partial charge is 0.504 e. The van der Waals surface area contributed by atoms with Gasteiger partial charge in [-0.05, 0) is 24.6 Å². The van der Waals surface area contributed by atoms with E-state index in [0.29, 0.717) is 17.9 Å².